The van der Waals surface area contributed by atoms with E-state index in [0.29, 0.717) is 32.5 Å². The fourth-order valence-electron chi connectivity index (χ4n) is 3.39. The molecule has 0 fully saturated rings. The van der Waals surface area contributed by atoms with Gasteiger partial charge in [0.25, 0.3) is 0 Å². The molecule has 4 aromatic rings. The second-order valence-corrected chi connectivity index (χ2v) is 15.0. The molecule has 0 aromatic heterocycles. The number of carbonyl (C=O) groups excluding carboxylic acids is 2. The third-order valence-electron chi connectivity index (χ3n) is 5.22. The fraction of sp³-hybridized carbons (Fsp3) is 0.0714. The molecule has 2 N–H and O–H groups in total. The van der Waals surface area contributed by atoms with Gasteiger partial charge in [0.05, 0.1) is 0 Å². The fourth-order valence-corrected chi connectivity index (χ4v) is 10.8. The second kappa shape index (κ2) is 12.1. The molecule has 0 unspecified atom stereocenters. The molecule has 0 atom stereocenters. The van der Waals surface area contributed by atoms with Crippen molar-refractivity contribution in [2.24, 2.45) is 0 Å². The van der Waals surface area contributed by atoms with E-state index in [9.17, 15) is 9.59 Å². The summed E-state index contributed by atoms with van der Waals surface area (Å²) in [4.78, 5) is 26.2. The first-order valence-electron chi connectivity index (χ1n) is 11.0. The maximum absolute atomic E-state index is 13.1. The van der Waals surface area contributed by atoms with Crippen LogP contribution in [0.3, 0.4) is 0 Å². The maximum atomic E-state index is 13.1. The Morgan fingerprint density at radius 3 is 1.42 bits per heavy atom. The van der Waals surface area contributed by atoms with Crippen molar-refractivity contribution >= 4 is 81.6 Å². The number of carbonyl (C=O) groups is 2. The quantitative estimate of drug-likeness (QED) is 0.265. The number of rotatable bonds is 7. The second-order valence-electron chi connectivity index (χ2n) is 8.03. The number of amides is 2. The van der Waals surface area contributed by atoms with E-state index >= 15 is 0 Å². The number of anilines is 2. The van der Waals surface area contributed by atoms with Gasteiger partial charge in [-0.15, -0.1) is 0 Å². The molecule has 0 spiro atoms. The zero-order valence-electron chi connectivity index (χ0n) is 19.5. The van der Waals surface area contributed by atoms with Crippen molar-refractivity contribution in [1.82, 2.24) is 0 Å². The van der Waals surface area contributed by atoms with Gasteiger partial charge in [0, 0.05) is 0 Å². The van der Waals surface area contributed by atoms with Crippen molar-refractivity contribution in [3.8, 4) is 0 Å². The van der Waals surface area contributed by atoms with Crippen molar-refractivity contribution in [2.75, 3.05) is 10.6 Å². The van der Waals surface area contributed by atoms with Crippen LogP contribution >= 0.6 is 23.2 Å². The third kappa shape index (κ3) is 6.60. The molecular weight excluding hydrogens is 625 g/mol. The average Bonchev–Trinajstić information content (AvgIpc) is 2.87. The summed E-state index contributed by atoms with van der Waals surface area (Å²) in [6, 6.07) is 26.2. The Bertz CT molecular complexity index is 1330. The van der Waals surface area contributed by atoms with E-state index in [0.717, 1.165) is 20.1 Å². The van der Waals surface area contributed by atoms with Crippen molar-refractivity contribution < 1.29 is 9.59 Å². The van der Waals surface area contributed by atoms with E-state index in [1.54, 1.807) is 12.1 Å². The van der Waals surface area contributed by atoms with Crippen LogP contribution in [-0.4, -0.2) is 38.1 Å². The SMILES string of the molecule is Cc1ccc(Cl)c(NC(=O)c2ccccc2[Se][Se]c2ccccc2C(=O)Nc2cc(C)ccc2Cl)c1. The van der Waals surface area contributed by atoms with E-state index in [1.807, 2.05) is 86.6 Å². The first-order valence-corrected chi connectivity index (χ1v) is 17.8. The van der Waals surface area contributed by atoms with E-state index in [4.69, 9.17) is 23.2 Å². The topological polar surface area (TPSA) is 58.2 Å². The molecule has 4 nitrogen and oxygen atoms in total. The van der Waals surface area contributed by atoms with Gasteiger partial charge >= 0.3 is 233 Å². The number of hydrogen-bond acceptors (Lipinski definition) is 2. The Kier molecular flexibility index (Phi) is 8.92. The Hall–Kier alpha value is -2.56. The van der Waals surface area contributed by atoms with Crippen molar-refractivity contribution in [2.45, 2.75) is 13.8 Å². The van der Waals surface area contributed by atoms with Crippen molar-refractivity contribution in [3.63, 3.8) is 0 Å². The molecule has 2 amide bonds. The molecule has 0 aliphatic carbocycles. The van der Waals surface area contributed by atoms with Gasteiger partial charge in [-0.05, 0) is 0 Å². The zero-order valence-corrected chi connectivity index (χ0v) is 24.4. The zero-order chi connectivity index (χ0) is 25.7. The molecule has 4 aromatic carbocycles. The summed E-state index contributed by atoms with van der Waals surface area (Å²) >= 11 is 12.5. The summed E-state index contributed by atoms with van der Waals surface area (Å²) in [5, 5.41) is 6.87. The van der Waals surface area contributed by atoms with Gasteiger partial charge in [-0.2, -0.15) is 0 Å². The number of hydrogen-bond donors (Lipinski definition) is 2. The average molecular weight is 647 g/mol. The normalized spacial score (nSPS) is 10.7. The predicted octanol–water partition coefficient (Wildman–Crippen LogP) is 5.39. The Morgan fingerprint density at radius 1 is 0.611 bits per heavy atom. The first-order chi connectivity index (χ1) is 17.3. The van der Waals surface area contributed by atoms with E-state index < -0.39 is 0 Å². The summed E-state index contributed by atoms with van der Waals surface area (Å²) in [6.45, 7) is 3.90. The summed E-state index contributed by atoms with van der Waals surface area (Å²) in [6.07, 6.45) is 0. The molecule has 4 rings (SSSR count). The third-order valence-corrected chi connectivity index (χ3v) is 13.1. The Labute approximate surface area is 231 Å². The molecular formula is C28H22Cl2N2O2Se2. The molecule has 8 heteroatoms. The molecule has 0 heterocycles. The van der Waals surface area contributed by atoms with Crippen LogP contribution in [0.4, 0.5) is 11.4 Å². The van der Waals surface area contributed by atoms with Gasteiger partial charge in [-0.25, -0.2) is 0 Å². The monoisotopic (exact) mass is 648 g/mol. The first kappa shape index (κ1) is 26.5. The molecule has 0 bridgehead atoms. The summed E-state index contributed by atoms with van der Waals surface area (Å²) in [5.41, 5.74) is 4.43. The standard InChI is InChI=1S/C28H22Cl2N2O2Se2/c1-17-11-13-21(29)23(15-17)31-27(33)19-7-3-5-9-25(19)35-36-26-10-6-4-8-20(26)28(34)32-24-16-18(2)12-14-22(24)30/h3-16H,1-2H3,(H,31,33)(H,32,34). The number of nitrogens with one attached hydrogen (secondary N) is 2. The summed E-state index contributed by atoms with van der Waals surface area (Å²) < 4.78 is 1.95. The van der Waals surface area contributed by atoms with Crippen LogP contribution in [0.1, 0.15) is 31.8 Å². The van der Waals surface area contributed by atoms with Gasteiger partial charge in [-0.1, -0.05) is 0 Å². The molecule has 0 saturated heterocycles. The van der Waals surface area contributed by atoms with Crippen molar-refractivity contribution in [3.05, 3.63) is 117 Å². The molecule has 182 valence electrons. The molecule has 0 saturated carbocycles. The summed E-state index contributed by atoms with van der Waals surface area (Å²) in [7, 11) is 0. The van der Waals surface area contributed by atoms with Crippen LogP contribution in [0.2, 0.25) is 10.0 Å². The number of halogens is 2. The van der Waals surface area contributed by atoms with Crippen LogP contribution in [0.5, 0.6) is 0 Å². The van der Waals surface area contributed by atoms with Crippen LogP contribution in [0, 0.1) is 13.8 Å². The Morgan fingerprint density at radius 2 is 1.00 bits per heavy atom. The van der Waals surface area contributed by atoms with Crippen molar-refractivity contribution in [1.29, 1.82) is 0 Å². The van der Waals surface area contributed by atoms with Crippen LogP contribution in [0.15, 0.2) is 84.9 Å². The summed E-state index contributed by atoms with van der Waals surface area (Å²) in [5.74, 6) is -0.396. The number of aryl methyl sites for hydroxylation is 2. The Balaban J connectivity index is 1.52. The van der Waals surface area contributed by atoms with Gasteiger partial charge in [0.1, 0.15) is 0 Å². The predicted molar refractivity (Wildman–Crippen MR) is 152 cm³/mol. The van der Waals surface area contributed by atoms with Crippen LogP contribution in [0.25, 0.3) is 0 Å². The van der Waals surface area contributed by atoms with Gasteiger partial charge in [-0.3, -0.25) is 0 Å². The molecule has 0 aliphatic rings. The van der Waals surface area contributed by atoms with Crippen LogP contribution in [-0.2, 0) is 0 Å². The van der Waals surface area contributed by atoms with Gasteiger partial charge in [0.2, 0.25) is 0 Å². The number of benzene rings is 4. The molecule has 0 aliphatic heterocycles. The minimum atomic E-state index is -0.198. The van der Waals surface area contributed by atoms with Crippen LogP contribution < -0.4 is 19.6 Å². The van der Waals surface area contributed by atoms with Gasteiger partial charge in [0.15, 0.2) is 0 Å². The van der Waals surface area contributed by atoms with Gasteiger partial charge < -0.3 is 0 Å². The molecule has 36 heavy (non-hydrogen) atoms. The van der Waals surface area contributed by atoms with E-state index in [-0.39, 0.29) is 38.1 Å². The molecule has 0 radical (unpaired) electrons. The van der Waals surface area contributed by atoms with E-state index in [2.05, 4.69) is 10.6 Å². The van der Waals surface area contributed by atoms with E-state index in [1.165, 1.54) is 0 Å². The minimum absolute atomic E-state index is 0.0330.